The molecule has 0 fully saturated rings. The number of hydrogen-bond acceptors (Lipinski definition) is 4. The monoisotopic (exact) mass is 209 g/mol. The first kappa shape index (κ1) is 9.39. The summed E-state index contributed by atoms with van der Waals surface area (Å²) in [7, 11) is 0. The average molecular weight is 209 g/mol. The Labute approximate surface area is 84.4 Å². The molecular formula is C10H8FNO3. The van der Waals surface area contributed by atoms with Gasteiger partial charge in [-0.3, -0.25) is 0 Å². The lowest BCUT2D eigenvalue weighted by atomic mass is 10.1. The second-order valence-electron chi connectivity index (χ2n) is 3.00. The Morgan fingerprint density at radius 3 is 2.47 bits per heavy atom. The molecule has 0 unspecified atom stereocenters. The zero-order valence-corrected chi connectivity index (χ0v) is 7.57. The van der Waals surface area contributed by atoms with Gasteiger partial charge in [0.05, 0.1) is 0 Å². The van der Waals surface area contributed by atoms with Crippen molar-refractivity contribution < 1.29 is 19.0 Å². The Hall–Kier alpha value is -2.17. The van der Waals surface area contributed by atoms with Crippen molar-refractivity contribution in [3.05, 3.63) is 30.1 Å². The number of aromatic hydroxyl groups is 2. The predicted molar refractivity (Wildman–Crippen MR) is 51.8 cm³/mol. The van der Waals surface area contributed by atoms with Gasteiger partial charge in [0.2, 0.25) is 17.4 Å². The molecule has 0 spiro atoms. The van der Waals surface area contributed by atoms with Crippen LogP contribution >= 0.6 is 0 Å². The van der Waals surface area contributed by atoms with Crippen LogP contribution in [0.15, 0.2) is 28.7 Å². The quantitative estimate of drug-likeness (QED) is 0.671. The van der Waals surface area contributed by atoms with Crippen LogP contribution in [0.25, 0.3) is 11.3 Å². The number of anilines is 1. The highest BCUT2D eigenvalue weighted by Gasteiger charge is 2.18. The summed E-state index contributed by atoms with van der Waals surface area (Å²) in [6, 6.07) is 5.41. The molecule has 0 atom stereocenters. The Kier molecular flexibility index (Phi) is 2.00. The van der Waals surface area contributed by atoms with E-state index in [9.17, 15) is 14.6 Å². The standard InChI is InChI=1S/C10H8FNO3/c11-6-3-1-2-5(4-6)9-7(13)8(14)10(12)15-9/h1-4,13-14H,12H2. The Bertz CT molecular complexity index is 507. The van der Waals surface area contributed by atoms with Crippen LogP contribution in [-0.2, 0) is 0 Å². The van der Waals surface area contributed by atoms with Crippen molar-refractivity contribution in [1.82, 2.24) is 0 Å². The Morgan fingerprint density at radius 1 is 1.20 bits per heavy atom. The van der Waals surface area contributed by atoms with E-state index in [1.54, 1.807) is 0 Å². The zero-order valence-electron chi connectivity index (χ0n) is 7.57. The maximum Gasteiger partial charge on any atom is 0.237 e. The lowest BCUT2D eigenvalue weighted by Crippen LogP contribution is -1.79. The molecule has 1 aromatic carbocycles. The topological polar surface area (TPSA) is 79.6 Å². The van der Waals surface area contributed by atoms with E-state index in [4.69, 9.17) is 10.2 Å². The predicted octanol–water partition coefficient (Wildman–Crippen LogP) is 2.08. The van der Waals surface area contributed by atoms with Gasteiger partial charge in [-0.1, -0.05) is 12.1 Å². The SMILES string of the molecule is Nc1oc(-c2cccc(F)c2)c(O)c1O. The third kappa shape index (κ3) is 1.48. The first-order valence-corrected chi connectivity index (χ1v) is 4.15. The molecule has 0 saturated carbocycles. The number of furan rings is 1. The van der Waals surface area contributed by atoms with E-state index in [0.29, 0.717) is 5.56 Å². The van der Waals surface area contributed by atoms with Crippen molar-refractivity contribution >= 4 is 5.88 Å². The van der Waals surface area contributed by atoms with Crippen LogP contribution in [0.1, 0.15) is 0 Å². The summed E-state index contributed by atoms with van der Waals surface area (Å²) >= 11 is 0. The lowest BCUT2D eigenvalue weighted by Gasteiger charge is -1.97. The van der Waals surface area contributed by atoms with Crippen LogP contribution < -0.4 is 5.73 Å². The summed E-state index contributed by atoms with van der Waals surface area (Å²) in [5.41, 5.74) is 5.55. The normalized spacial score (nSPS) is 10.5. The van der Waals surface area contributed by atoms with Gasteiger partial charge in [-0.25, -0.2) is 4.39 Å². The zero-order chi connectivity index (χ0) is 11.0. The van der Waals surface area contributed by atoms with Crippen molar-refractivity contribution in [1.29, 1.82) is 0 Å². The van der Waals surface area contributed by atoms with Crippen molar-refractivity contribution in [2.24, 2.45) is 0 Å². The van der Waals surface area contributed by atoms with Crippen molar-refractivity contribution in [2.45, 2.75) is 0 Å². The fourth-order valence-electron chi connectivity index (χ4n) is 1.26. The van der Waals surface area contributed by atoms with E-state index in [-0.39, 0.29) is 11.6 Å². The molecule has 0 aliphatic heterocycles. The molecule has 0 aliphatic carbocycles. The highest BCUT2D eigenvalue weighted by atomic mass is 19.1. The molecule has 78 valence electrons. The van der Waals surface area contributed by atoms with Gasteiger partial charge in [-0.2, -0.15) is 0 Å². The van der Waals surface area contributed by atoms with E-state index >= 15 is 0 Å². The van der Waals surface area contributed by atoms with Crippen LogP contribution in [0.4, 0.5) is 10.3 Å². The minimum atomic E-state index is -0.533. The molecule has 5 heteroatoms. The van der Waals surface area contributed by atoms with Crippen LogP contribution in [0.2, 0.25) is 0 Å². The number of nitrogens with two attached hydrogens (primary N) is 1. The summed E-state index contributed by atoms with van der Waals surface area (Å²) in [6.07, 6.45) is 0. The van der Waals surface area contributed by atoms with E-state index in [1.165, 1.54) is 18.2 Å². The number of hydrogen-bond donors (Lipinski definition) is 3. The fourth-order valence-corrected chi connectivity index (χ4v) is 1.26. The number of nitrogen functional groups attached to an aromatic ring is 1. The second kappa shape index (κ2) is 3.20. The van der Waals surface area contributed by atoms with Crippen LogP contribution in [-0.4, -0.2) is 10.2 Å². The summed E-state index contributed by atoms with van der Waals surface area (Å²) in [5, 5.41) is 18.6. The molecule has 1 aromatic heterocycles. The average Bonchev–Trinajstić information content (AvgIpc) is 2.46. The van der Waals surface area contributed by atoms with E-state index in [0.717, 1.165) is 6.07 Å². The van der Waals surface area contributed by atoms with Crippen molar-refractivity contribution in [3.63, 3.8) is 0 Å². The summed E-state index contributed by atoms with van der Waals surface area (Å²) in [4.78, 5) is 0. The number of halogens is 1. The number of benzene rings is 1. The second-order valence-corrected chi connectivity index (χ2v) is 3.00. The molecule has 0 bridgehead atoms. The fraction of sp³-hybridized carbons (Fsp3) is 0. The third-order valence-corrected chi connectivity index (χ3v) is 1.97. The van der Waals surface area contributed by atoms with Crippen LogP contribution in [0.5, 0.6) is 11.5 Å². The molecule has 4 nitrogen and oxygen atoms in total. The largest absolute Gasteiger partial charge is 0.502 e. The summed E-state index contributed by atoms with van der Waals surface area (Å²) in [6.45, 7) is 0. The summed E-state index contributed by atoms with van der Waals surface area (Å²) in [5.74, 6) is -1.84. The Balaban J connectivity index is 2.59. The highest BCUT2D eigenvalue weighted by molar-refractivity contribution is 5.72. The molecule has 0 saturated heterocycles. The summed E-state index contributed by atoms with van der Waals surface area (Å²) < 4.78 is 17.8. The molecule has 1 heterocycles. The first-order chi connectivity index (χ1) is 7.09. The molecular weight excluding hydrogens is 201 g/mol. The van der Waals surface area contributed by atoms with Gasteiger partial charge in [-0.05, 0) is 12.1 Å². The van der Waals surface area contributed by atoms with Gasteiger partial charge in [0, 0.05) is 5.56 Å². The smallest absolute Gasteiger partial charge is 0.237 e. The van der Waals surface area contributed by atoms with Crippen molar-refractivity contribution in [3.8, 4) is 22.8 Å². The molecule has 2 rings (SSSR count). The minimum Gasteiger partial charge on any atom is -0.502 e. The molecule has 4 N–H and O–H groups in total. The van der Waals surface area contributed by atoms with Gasteiger partial charge in [0.1, 0.15) is 5.82 Å². The van der Waals surface area contributed by atoms with Gasteiger partial charge in [0.25, 0.3) is 0 Å². The highest BCUT2D eigenvalue weighted by Crippen LogP contribution is 2.43. The Morgan fingerprint density at radius 2 is 1.93 bits per heavy atom. The van der Waals surface area contributed by atoms with Crippen molar-refractivity contribution in [2.75, 3.05) is 5.73 Å². The number of rotatable bonds is 1. The molecule has 0 radical (unpaired) electrons. The first-order valence-electron chi connectivity index (χ1n) is 4.15. The van der Waals surface area contributed by atoms with E-state index in [2.05, 4.69) is 0 Å². The van der Waals surface area contributed by atoms with Gasteiger partial charge >= 0.3 is 0 Å². The van der Waals surface area contributed by atoms with E-state index < -0.39 is 17.3 Å². The van der Waals surface area contributed by atoms with E-state index in [1.807, 2.05) is 0 Å². The van der Waals surface area contributed by atoms with Crippen LogP contribution in [0.3, 0.4) is 0 Å². The minimum absolute atomic E-state index is 0.0514. The molecule has 0 aliphatic rings. The van der Waals surface area contributed by atoms with Gasteiger partial charge < -0.3 is 20.4 Å². The molecule has 2 aromatic rings. The molecule has 15 heavy (non-hydrogen) atoms. The maximum atomic E-state index is 12.9. The van der Waals surface area contributed by atoms with Crippen LogP contribution in [0, 0.1) is 5.82 Å². The van der Waals surface area contributed by atoms with Gasteiger partial charge in [-0.15, -0.1) is 0 Å². The lowest BCUT2D eigenvalue weighted by molar-refractivity contribution is 0.410. The maximum absolute atomic E-state index is 12.9. The third-order valence-electron chi connectivity index (χ3n) is 1.97. The molecule has 0 amide bonds. The van der Waals surface area contributed by atoms with Gasteiger partial charge in [0.15, 0.2) is 5.76 Å².